The first-order chi connectivity index (χ1) is 10.4. The minimum Gasteiger partial charge on any atom is -0.434 e. The van der Waals surface area contributed by atoms with Gasteiger partial charge >= 0.3 is 6.61 Å². The van der Waals surface area contributed by atoms with Crippen molar-refractivity contribution in [3.8, 4) is 5.75 Å². The third-order valence-corrected chi connectivity index (χ3v) is 4.07. The molecule has 122 valence electrons. The molecule has 1 aromatic rings. The van der Waals surface area contributed by atoms with Crippen LogP contribution in [-0.4, -0.2) is 42.2 Å². The SMILES string of the molecule is Cc1cc(C(=O)N2CCC(CO)CC2)cc(C)c1OC(F)F. The van der Waals surface area contributed by atoms with E-state index in [0.29, 0.717) is 29.8 Å². The molecule has 0 aliphatic carbocycles. The number of nitrogens with zero attached hydrogens (tertiary/aromatic N) is 1. The zero-order chi connectivity index (χ0) is 16.3. The Hall–Kier alpha value is -1.69. The predicted molar refractivity (Wildman–Crippen MR) is 78.3 cm³/mol. The largest absolute Gasteiger partial charge is 0.434 e. The van der Waals surface area contributed by atoms with Crippen LogP contribution in [0, 0.1) is 19.8 Å². The Morgan fingerprint density at radius 1 is 1.32 bits per heavy atom. The van der Waals surface area contributed by atoms with Crippen LogP contribution in [-0.2, 0) is 0 Å². The molecule has 1 amide bonds. The number of halogens is 2. The lowest BCUT2D eigenvalue weighted by Gasteiger charge is -2.31. The molecule has 1 aromatic carbocycles. The van der Waals surface area contributed by atoms with Crippen molar-refractivity contribution >= 4 is 5.91 Å². The summed E-state index contributed by atoms with van der Waals surface area (Å²) in [5.74, 6) is 0.283. The van der Waals surface area contributed by atoms with E-state index in [1.807, 2.05) is 0 Å². The smallest absolute Gasteiger partial charge is 0.387 e. The van der Waals surface area contributed by atoms with E-state index in [1.54, 1.807) is 30.9 Å². The molecule has 1 aliphatic heterocycles. The Bertz CT molecular complexity index is 517. The second kappa shape index (κ2) is 7.05. The summed E-state index contributed by atoms with van der Waals surface area (Å²) in [6, 6.07) is 3.18. The van der Waals surface area contributed by atoms with Crippen LogP contribution in [0.1, 0.15) is 34.3 Å². The number of carbonyl (C=O) groups is 1. The summed E-state index contributed by atoms with van der Waals surface area (Å²) in [5.41, 5.74) is 1.53. The van der Waals surface area contributed by atoms with Gasteiger partial charge in [0.15, 0.2) is 0 Å². The molecule has 0 atom stereocenters. The number of aliphatic hydroxyl groups excluding tert-OH is 1. The van der Waals surface area contributed by atoms with Crippen LogP contribution >= 0.6 is 0 Å². The monoisotopic (exact) mass is 313 g/mol. The van der Waals surface area contributed by atoms with E-state index in [-0.39, 0.29) is 24.2 Å². The van der Waals surface area contributed by atoms with Crippen LogP contribution in [0.4, 0.5) is 8.78 Å². The average molecular weight is 313 g/mol. The Morgan fingerprint density at radius 3 is 2.32 bits per heavy atom. The first kappa shape index (κ1) is 16.7. The molecule has 0 spiro atoms. The highest BCUT2D eigenvalue weighted by Gasteiger charge is 2.24. The van der Waals surface area contributed by atoms with E-state index >= 15 is 0 Å². The number of alkyl halides is 2. The van der Waals surface area contributed by atoms with Crippen molar-refractivity contribution in [3.63, 3.8) is 0 Å². The van der Waals surface area contributed by atoms with Crippen molar-refractivity contribution in [2.75, 3.05) is 19.7 Å². The van der Waals surface area contributed by atoms with Crippen LogP contribution in [0.25, 0.3) is 0 Å². The zero-order valence-corrected chi connectivity index (χ0v) is 12.8. The number of hydrogen-bond acceptors (Lipinski definition) is 3. The molecule has 1 fully saturated rings. The Morgan fingerprint density at radius 2 is 1.86 bits per heavy atom. The Balaban J connectivity index is 2.14. The fraction of sp³-hybridized carbons (Fsp3) is 0.562. The fourth-order valence-corrected chi connectivity index (χ4v) is 2.85. The van der Waals surface area contributed by atoms with E-state index in [9.17, 15) is 13.6 Å². The van der Waals surface area contributed by atoms with Gasteiger partial charge in [0.2, 0.25) is 0 Å². The second-order valence-electron chi connectivity index (χ2n) is 5.74. The quantitative estimate of drug-likeness (QED) is 0.930. The maximum Gasteiger partial charge on any atom is 0.387 e. The van der Waals surface area contributed by atoms with Gasteiger partial charge in [0.1, 0.15) is 5.75 Å². The number of ether oxygens (including phenoxy) is 1. The van der Waals surface area contributed by atoms with Crippen LogP contribution in [0.15, 0.2) is 12.1 Å². The molecule has 0 radical (unpaired) electrons. The fourth-order valence-electron chi connectivity index (χ4n) is 2.85. The molecule has 1 aliphatic rings. The molecule has 1 heterocycles. The molecule has 0 saturated carbocycles. The third-order valence-electron chi connectivity index (χ3n) is 4.07. The van der Waals surface area contributed by atoms with Crippen molar-refractivity contribution < 1.29 is 23.4 Å². The lowest BCUT2D eigenvalue weighted by atomic mass is 9.97. The highest BCUT2D eigenvalue weighted by Crippen LogP contribution is 2.27. The molecule has 0 unspecified atom stereocenters. The Labute approximate surface area is 128 Å². The van der Waals surface area contributed by atoms with Gasteiger partial charge in [-0.25, -0.2) is 0 Å². The molecular weight excluding hydrogens is 292 g/mol. The lowest BCUT2D eigenvalue weighted by molar-refractivity contribution is -0.0507. The van der Waals surface area contributed by atoms with Gasteiger partial charge in [-0.2, -0.15) is 8.78 Å². The molecular formula is C16H21F2NO3. The van der Waals surface area contributed by atoms with Gasteiger partial charge in [-0.15, -0.1) is 0 Å². The standard InChI is InChI=1S/C16H21F2NO3/c1-10-7-13(8-11(2)14(10)22-16(17)18)15(21)19-5-3-12(9-20)4-6-19/h7-8,12,16,20H,3-6,9H2,1-2H3. The summed E-state index contributed by atoms with van der Waals surface area (Å²) in [5, 5.41) is 9.13. The molecule has 6 heteroatoms. The van der Waals surface area contributed by atoms with Crippen LogP contribution in [0.2, 0.25) is 0 Å². The number of benzene rings is 1. The van der Waals surface area contributed by atoms with Gasteiger partial charge < -0.3 is 14.7 Å². The van der Waals surface area contributed by atoms with E-state index in [1.165, 1.54) is 0 Å². The minimum absolute atomic E-state index is 0.105. The van der Waals surface area contributed by atoms with Crippen molar-refractivity contribution in [2.24, 2.45) is 5.92 Å². The number of likely N-dealkylation sites (tertiary alicyclic amines) is 1. The van der Waals surface area contributed by atoms with Crippen molar-refractivity contribution in [3.05, 3.63) is 28.8 Å². The summed E-state index contributed by atoms with van der Waals surface area (Å²) >= 11 is 0. The van der Waals surface area contributed by atoms with Gasteiger partial charge in [0, 0.05) is 25.3 Å². The summed E-state index contributed by atoms with van der Waals surface area (Å²) in [6.07, 6.45) is 1.57. The van der Waals surface area contributed by atoms with Crippen molar-refractivity contribution in [1.82, 2.24) is 4.90 Å². The summed E-state index contributed by atoms with van der Waals surface area (Å²) in [4.78, 5) is 14.3. The number of amides is 1. The van der Waals surface area contributed by atoms with E-state index in [4.69, 9.17) is 5.11 Å². The third kappa shape index (κ3) is 3.74. The summed E-state index contributed by atoms with van der Waals surface area (Å²) in [7, 11) is 0. The molecule has 1 N–H and O–H groups in total. The van der Waals surface area contributed by atoms with E-state index in [2.05, 4.69) is 4.74 Å². The topological polar surface area (TPSA) is 49.8 Å². The maximum atomic E-state index is 12.5. The Kier molecular flexibility index (Phi) is 5.34. The molecule has 22 heavy (non-hydrogen) atoms. The average Bonchev–Trinajstić information content (AvgIpc) is 2.50. The van der Waals surface area contributed by atoms with E-state index in [0.717, 1.165) is 12.8 Å². The first-order valence-electron chi connectivity index (χ1n) is 7.38. The normalized spacial score (nSPS) is 16.2. The predicted octanol–water partition coefficient (Wildman–Crippen LogP) is 2.75. The first-order valence-corrected chi connectivity index (χ1v) is 7.38. The molecule has 0 aromatic heterocycles. The molecule has 1 saturated heterocycles. The van der Waals surface area contributed by atoms with E-state index < -0.39 is 6.61 Å². The number of rotatable bonds is 4. The van der Waals surface area contributed by atoms with Crippen molar-refractivity contribution in [2.45, 2.75) is 33.3 Å². The number of carbonyl (C=O) groups excluding carboxylic acids is 1. The highest BCUT2D eigenvalue weighted by atomic mass is 19.3. The maximum absolute atomic E-state index is 12.5. The van der Waals surface area contributed by atoms with Crippen LogP contribution in [0.3, 0.4) is 0 Å². The van der Waals surface area contributed by atoms with Gasteiger partial charge in [-0.3, -0.25) is 4.79 Å². The number of piperidine rings is 1. The number of hydrogen-bond donors (Lipinski definition) is 1. The van der Waals surface area contributed by atoms with Crippen LogP contribution < -0.4 is 4.74 Å². The zero-order valence-electron chi connectivity index (χ0n) is 12.8. The summed E-state index contributed by atoms with van der Waals surface area (Å²) < 4.78 is 29.3. The van der Waals surface area contributed by atoms with Crippen molar-refractivity contribution in [1.29, 1.82) is 0 Å². The van der Waals surface area contributed by atoms with Gasteiger partial charge in [0.05, 0.1) is 0 Å². The van der Waals surface area contributed by atoms with Gasteiger partial charge in [-0.05, 0) is 55.9 Å². The summed E-state index contributed by atoms with van der Waals surface area (Å²) in [6.45, 7) is 1.80. The van der Waals surface area contributed by atoms with Crippen LogP contribution in [0.5, 0.6) is 5.75 Å². The van der Waals surface area contributed by atoms with Gasteiger partial charge in [0.25, 0.3) is 5.91 Å². The molecule has 0 bridgehead atoms. The second-order valence-corrected chi connectivity index (χ2v) is 5.74. The minimum atomic E-state index is -2.88. The van der Waals surface area contributed by atoms with Gasteiger partial charge in [-0.1, -0.05) is 0 Å². The molecule has 2 rings (SSSR count). The highest BCUT2D eigenvalue weighted by molar-refractivity contribution is 5.95. The molecule has 4 nitrogen and oxygen atoms in total. The number of aryl methyl sites for hydroxylation is 2. The lowest BCUT2D eigenvalue weighted by Crippen LogP contribution is -2.39. The number of aliphatic hydroxyl groups is 1.